The predicted molar refractivity (Wildman–Crippen MR) is 161 cm³/mol. The molecule has 0 bridgehead atoms. The molecular weight excluding hydrogens is 569 g/mol. The van der Waals surface area contributed by atoms with Crippen molar-refractivity contribution in [1.82, 2.24) is 14.9 Å². The van der Waals surface area contributed by atoms with Crippen molar-refractivity contribution in [3.05, 3.63) is 119 Å². The molecule has 0 aliphatic carbocycles. The first-order chi connectivity index (χ1) is 18.6. The number of imidazole rings is 1. The third-order valence-corrected chi connectivity index (χ3v) is 7.05. The number of ether oxygens (including phenoxy) is 1. The lowest BCUT2D eigenvalue weighted by Crippen LogP contribution is -2.59. The van der Waals surface area contributed by atoms with Crippen molar-refractivity contribution in [2.24, 2.45) is 0 Å². The van der Waals surface area contributed by atoms with Gasteiger partial charge in [-0.1, -0.05) is 60.1 Å². The standard InChI is InChI=1S/C30H28ClN5O2.2ClH/c31-25-7-4-8-26(14-25)36-17-27(20-38-19-24-5-2-1-3-6-24)35(18-30(36)37)29(28-16-33-21-34-28)13-22-9-11-23(15-32)12-10-22;;/h1-12,14,16,21,27,29H,13,17-20H2,(H,33,34);2*1H/t27-,29?;;/m1../s1. The molecule has 40 heavy (non-hydrogen) atoms. The Balaban J connectivity index is 0.00000220. The monoisotopic (exact) mass is 597 g/mol. The Bertz CT molecular complexity index is 1400. The molecule has 10 heteroatoms. The third kappa shape index (κ3) is 7.63. The molecule has 1 N–H and O–H groups in total. The van der Waals surface area contributed by atoms with Crippen LogP contribution >= 0.6 is 36.4 Å². The van der Waals surface area contributed by atoms with Crippen LogP contribution in [0, 0.1) is 11.3 Å². The molecule has 1 fully saturated rings. The second kappa shape index (κ2) is 14.8. The minimum Gasteiger partial charge on any atom is -0.375 e. The van der Waals surface area contributed by atoms with Gasteiger partial charge in [0.25, 0.3) is 0 Å². The molecule has 1 aliphatic heterocycles. The summed E-state index contributed by atoms with van der Waals surface area (Å²) in [5.41, 5.74) is 4.48. The molecule has 1 amide bonds. The third-order valence-electron chi connectivity index (χ3n) is 6.81. The first-order valence-electron chi connectivity index (χ1n) is 12.5. The Labute approximate surface area is 251 Å². The van der Waals surface area contributed by atoms with E-state index in [1.165, 1.54) is 0 Å². The van der Waals surface area contributed by atoms with Crippen LogP contribution in [0.4, 0.5) is 5.69 Å². The summed E-state index contributed by atoms with van der Waals surface area (Å²) in [6.45, 7) is 1.61. The molecular formula is C30H30Cl3N5O2. The molecule has 7 nitrogen and oxygen atoms in total. The van der Waals surface area contributed by atoms with Crippen LogP contribution in [0.25, 0.3) is 0 Å². The summed E-state index contributed by atoms with van der Waals surface area (Å²) < 4.78 is 6.21. The van der Waals surface area contributed by atoms with Crippen molar-refractivity contribution >= 4 is 48.0 Å². The molecule has 0 saturated carbocycles. The van der Waals surface area contributed by atoms with Crippen molar-refractivity contribution in [1.29, 1.82) is 5.26 Å². The van der Waals surface area contributed by atoms with Crippen LogP contribution in [0.3, 0.4) is 0 Å². The molecule has 0 spiro atoms. The lowest BCUT2D eigenvalue weighted by atomic mass is 9.98. The lowest BCUT2D eigenvalue weighted by molar-refractivity contribution is -0.124. The minimum absolute atomic E-state index is 0. The zero-order chi connectivity index (χ0) is 26.3. The van der Waals surface area contributed by atoms with Crippen LogP contribution in [0.1, 0.15) is 28.4 Å². The summed E-state index contributed by atoms with van der Waals surface area (Å²) >= 11 is 6.25. The summed E-state index contributed by atoms with van der Waals surface area (Å²) in [5, 5.41) is 9.78. The summed E-state index contributed by atoms with van der Waals surface area (Å²) in [6.07, 6.45) is 4.11. The molecule has 1 aliphatic rings. The number of aromatic nitrogens is 2. The van der Waals surface area contributed by atoms with Gasteiger partial charge in [-0.25, -0.2) is 4.98 Å². The van der Waals surface area contributed by atoms with E-state index in [4.69, 9.17) is 16.3 Å². The second-order valence-electron chi connectivity index (χ2n) is 9.35. The minimum atomic E-state index is -0.138. The summed E-state index contributed by atoms with van der Waals surface area (Å²) in [4.78, 5) is 25.0. The van der Waals surface area contributed by atoms with Gasteiger partial charge in [0.15, 0.2) is 0 Å². The molecule has 5 rings (SSSR count). The maximum Gasteiger partial charge on any atom is 0.241 e. The Hall–Kier alpha value is -3.38. The fraction of sp³-hybridized carbons (Fsp3) is 0.233. The lowest BCUT2D eigenvalue weighted by Gasteiger charge is -2.44. The molecule has 2 atom stereocenters. The fourth-order valence-corrected chi connectivity index (χ4v) is 5.06. The average Bonchev–Trinajstić information content (AvgIpc) is 3.48. The number of aromatic amines is 1. The number of rotatable bonds is 9. The number of hydrogen-bond donors (Lipinski definition) is 1. The normalized spacial score (nSPS) is 15.9. The van der Waals surface area contributed by atoms with Crippen LogP contribution < -0.4 is 4.90 Å². The number of amides is 1. The van der Waals surface area contributed by atoms with Crippen molar-refractivity contribution in [3.8, 4) is 6.07 Å². The molecule has 3 aromatic carbocycles. The van der Waals surface area contributed by atoms with E-state index in [0.717, 1.165) is 22.5 Å². The van der Waals surface area contributed by atoms with Gasteiger partial charge < -0.3 is 14.6 Å². The summed E-state index contributed by atoms with van der Waals surface area (Å²) in [7, 11) is 0. The zero-order valence-corrected chi connectivity index (χ0v) is 24.0. The number of anilines is 1. The number of carbonyl (C=O) groups excluding carboxylic acids is 1. The fourth-order valence-electron chi connectivity index (χ4n) is 4.88. The van der Waals surface area contributed by atoms with Gasteiger partial charge in [0.2, 0.25) is 5.91 Å². The number of nitriles is 1. The maximum atomic E-state index is 13.5. The van der Waals surface area contributed by atoms with Crippen molar-refractivity contribution in [2.45, 2.75) is 25.1 Å². The van der Waals surface area contributed by atoms with Gasteiger partial charge in [0.05, 0.1) is 55.5 Å². The van der Waals surface area contributed by atoms with Gasteiger partial charge in [-0.2, -0.15) is 5.26 Å². The first kappa shape index (κ1) is 31.2. The van der Waals surface area contributed by atoms with Gasteiger partial charge in [0.1, 0.15) is 0 Å². The molecule has 0 radical (unpaired) electrons. The van der Waals surface area contributed by atoms with Crippen LogP contribution in [-0.4, -0.2) is 46.5 Å². The molecule has 1 unspecified atom stereocenters. The van der Waals surface area contributed by atoms with E-state index in [1.807, 2.05) is 79.0 Å². The quantitative estimate of drug-likeness (QED) is 0.256. The van der Waals surface area contributed by atoms with Gasteiger partial charge >= 0.3 is 0 Å². The van der Waals surface area contributed by atoms with Gasteiger partial charge in [-0.05, 0) is 47.9 Å². The highest BCUT2D eigenvalue weighted by atomic mass is 35.5. The Kier molecular flexibility index (Phi) is 11.6. The Morgan fingerprint density at radius 1 is 1.05 bits per heavy atom. The second-order valence-corrected chi connectivity index (χ2v) is 9.78. The molecule has 1 aromatic heterocycles. The van der Waals surface area contributed by atoms with Crippen LogP contribution in [0.2, 0.25) is 5.02 Å². The number of hydrogen-bond acceptors (Lipinski definition) is 5. The largest absolute Gasteiger partial charge is 0.375 e. The number of H-pyrrole nitrogens is 1. The van der Waals surface area contributed by atoms with Gasteiger partial charge in [0, 0.05) is 23.5 Å². The van der Waals surface area contributed by atoms with E-state index >= 15 is 0 Å². The van der Waals surface area contributed by atoms with Gasteiger partial charge in [-0.15, -0.1) is 24.8 Å². The van der Waals surface area contributed by atoms with E-state index in [0.29, 0.717) is 36.8 Å². The number of halogens is 3. The predicted octanol–water partition coefficient (Wildman–Crippen LogP) is 6.00. The number of benzene rings is 3. The average molecular weight is 599 g/mol. The summed E-state index contributed by atoms with van der Waals surface area (Å²) in [5.74, 6) is -0.00378. The van der Waals surface area contributed by atoms with Gasteiger partial charge in [-0.3, -0.25) is 9.69 Å². The number of nitrogens with zero attached hydrogens (tertiary/aromatic N) is 4. The van der Waals surface area contributed by atoms with Crippen LogP contribution in [-0.2, 0) is 22.6 Å². The molecule has 208 valence electrons. The highest BCUT2D eigenvalue weighted by molar-refractivity contribution is 6.30. The highest BCUT2D eigenvalue weighted by Crippen LogP contribution is 2.31. The Morgan fingerprint density at radius 3 is 2.50 bits per heavy atom. The van der Waals surface area contributed by atoms with Crippen LogP contribution in [0.5, 0.6) is 0 Å². The number of nitrogens with one attached hydrogen (secondary N) is 1. The van der Waals surface area contributed by atoms with E-state index in [1.54, 1.807) is 17.3 Å². The van der Waals surface area contributed by atoms with E-state index < -0.39 is 0 Å². The van der Waals surface area contributed by atoms with E-state index in [-0.39, 0.29) is 49.3 Å². The van der Waals surface area contributed by atoms with Crippen LogP contribution in [0.15, 0.2) is 91.4 Å². The first-order valence-corrected chi connectivity index (χ1v) is 12.9. The van der Waals surface area contributed by atoms with Crippen molar-refractivity contribution < 1.29 is 9.53 Å². The topological polar surface area (TPSA) is 85.2 Å². The molecule has 1 saturated heterocycles. The highest BCUT2D eigenvalue weighted by Gasteiger charge is 2.38. The summed E-state index contributed by atoms with van der Waals surface area (Å²) in [6, 6.07) is 27.0. The zero-order valence-electron chi connectivity index (χ0n) is 21.7. The smallest absolute Gasteiger partial charge is 0.241 e. The maximum absolute atomic E-state index is 13.5. The van der Waals surface area contributed by atoms with Crippen molar-refractivity contribution in [3.63, 3.8) is 0 Å². The van der Waals surface area contributed by atoms with E-state index in [2.05, 4.69) is 20.9 Å². The van der Waals surface area contributed by atoms with Crippen molar-refractivity contribution in [2.75, 3.05) is 24.6 Å². The Morgan fingerprint density at radius 2 is 1.82 bits per heavy atom. The molecule has 4 aromatic rings. The number of piperazine rings is 1. The molecule has 2 heterocycles. The SMILES string of the molecule is Cl.Cl.N#Cc1ccc(CC(c2cnc[nH]2)N2CC(=O)N(c3cccc(Cl)c3)C[C@@H]2COCc2ccccc2)cc1. The van der Waals surface area contributed by atoms with E-state index in [9.17, 15) is 10.1 Å². The number of carbonyl (C=O) groups is 1.